The second kappa shape index (κ2) is 6.85. The summed E-state index contributed by atoms with van der Waals surface area (Å²) in [6, 6.07) is 13.3. The highest BCUT2D eigenvalue weighted by Crippen LogP contribution is 2.52. The van der Waals surface area contributed by atoms with E-state index < -0.39 is 14.6 Å². The Balaban J connectivity index is 1.59. The molecule has 6 rings (SSSR count). The second-order valence-electron chi connectivity index (χ2n) is 8.55. The molecule has 0 amide bonds. The van der Waals surface area contributed by atoms with Crippen LogP contribution in [-0.2, 0) is 21.6 Å². The van der Waals surface area contributed by atoms with Crippen LogP contribution in [-0.4, -0.2) is 33.8 Å². The molecule has 0 N–H and O–H groups in total. The first kappa shape index (κ1) is 20.3. The molecule has 2 aromatic carbocycles. The molecule has 3 aromatic heterocycles. The van der Waals surface area contributed by atoms with Crippen LogP contribution in [0, 0.1) is 0 Å². The van der Waals surface area contributed by atoms with Gasteiger partial charge in [0.2, 0.25) is 0 Å². The number of fused-ring (bicyclic) bond motifs is 3. The number of aromatic nitrogens is 4. The highest BCUT2D eigenvalue weighted by Gasteiger charge is 2.53. The van der Waals surface area contributed by atoms with E-state index in [1.807, 2.05) is 47.8 Å². The fraction of sp³-hybridized carbons (Fsp3) is 0.208. The van der Waals surface area contributed by atoms with Crippen molar-refractivity contribution in [1.82, 2.24) is 19.1 Å². The molecule has 166 valence electrons. The van der Waals surface area contributed by atoms with Crippen molar-refractivity contribution in [2.75, 3.05) is 6.26 Å². The molecular formula is C24H20N4O3S2. The number of aryl methyl sites for hydroxylation is 1. The van der Waals surface area contributed by atoms with Gasteiger partial charge in [0.25, 0.3) is 0 Å². The van der Waals surface area contributed by atoms with Crippen molar-refractivity contribution in [3.8, 4) is 16.3 Å². The smallest absolute Gasteiger partial charge is 0.293 e. The summed E-state index contributed by atoms with van der Waals surface area (Å²) in [4.78, 5) is 22.3. The monoisotopic (exact) mass is 476 g/mol. The lowest BCUT2D eigenvalue weighted by molar-refractivity contribution is 0.586. The molecule has 0 radical (unpaired) electrons. The van der Waals surface area contributed by atoms with E-state index in [4.69, 9.17) is 0 Å². The average Bonchev–Trinajstić information content (AvgIpc) is 3.38. The third kappa shape index (κ3) is 2.92. The first-order valence-corrected chi connectivity index (χ1v) is 13.3. The molecule has 1 fully saturated rings. The van der Waals surface area contributed by atoms with E-state index in [1.54, 1.807) is 39.9 Å². The van der Waals surface area contributed by atoms with Gasteiger partial charge in [-0.3, -0.25) is 14.1 Å². The van der Waals surface area contributed by atoms with Gasteiger partial charge in [0.05, 0.1) is 33.2 Å². The van der Waals surface area contributed by atoms with Gasteiger partial charge in [-0.05, 0) is 48.7 Å². The summed E-state index contributed by atoms with van der Waals surface area (Å²) in [6.07, 6.45) is 6.05. The molecule has 5 aromatic rings. The SMILES string of the molecule is Cn1c(=O)n(-c2ccc(C3(S(C)(=O)=O)CC3)cc2)c2c3cc(-c4nccs4)ccc3ncc21. The summed E-state index contributed by atoms with van der Waals surface area (Å²) in [7, 11) is -1.47. The molecule has 0 bridgehead atoms. The zero-order valence-corrected chi connectivity index (χ0v) is 19.7. The summed E-state index contributed by atoms with van der Waals surface area (Å²) < 4.78 is 27.1. The zero-order chi connectivity index (χ0) is 23.0. The van der Waals surface area contributed by atoms with E-state index in [2.05, 4.69) is 9.97 Å². The maximum atomic E-state index is 13.3. The minimum absolute atomic E-state index is 0.184. The topological polar surface area (TPSA) is 86.9 Å². The van der Waals surface area contributed by atoms with Crippen LogP contribution in [0.5, 0.6) is 0 Å². The molecule has 0 aliphatic heterocycles. The van der Waals surface area contributed by atoms with Crippen molar-refractivity contribution in [2.24, 2.45) is 7.05 Å². The maximum Gasteiger partial charge on any atom is 0.333 e. The van der Waals surface area contributed by atoms with Gasteiger partial charge in [0.1, 0.15) is 5.01 Å². The van der Waals surface area contributed by atoms with Gasteiger partial charge in [-0.15, -0.1) is 11.3 Å². The molecular weight excluding hydrogens is 456 g/mol. The third-order valence-electron chi connectivity index (χ3n) is 6.63. The van der Waals surface area contributed by atoms with Gasteiger partial charge in [0, 0.05) is 35.8 Å². The summed E-state index contributed by atoms with van der Waals surface area (Å²) in [5, 5.41) is 3.69. The third-order valence-corrected chi connectivity index (χ3v) is 9.51. The lowest BCUT2D eigenvalue weighted by Crippen LogP contribution is -2.21. The number of pyridine rings is 1. The molecule has 0 unspecified atom stereocenters. The van der Waals surface area contributed by atoms with Crippen molar-refractivity contribution >= 4 is 43.1 Å². The van der Waals surface area contributed by atoms with E-state index in [9.17, 15) is 13.2 Å². The van der Waals surface area contributed by atoms with Gasteiger partial charge in [-0.25, -0.2) is 18.2 Å². The second-order valence-corrected chi connectivity index (χ2v) is 11.8. The standard InChI is InChI=1S/C24H20N4O3S2/c1-27-20-14-26-19-8-3-15(22-25-11-12-32-22)13-18(19)21(20)28(23(27)29)17-6-4-16(5-7-17)24(9-10-24)33(2,30)31/h3-8,11-14H,9-10H2,1-2H3. The van der Waals surface area contributed by atoms with Crippen molar-refractivity contribution in [1.29, 1.82) is 0 Å². The summed E-state index contributed by atoms with van der Waals surface area (Å²) in [5.41, 5.74) is 4.52. The largest absolute Gasteiger partial charge is 0.333 e. The van der Waals surface area contributed by atoms with Crippen molar-refractivity contribution in [3.63, 3.8) is 0 Å². The predicted molar refractivity (Wildman–Crippen MR) is 131 cm³/mol. The van der Waals surface area contributed by atoms with Crippen LogP contribution in [0.15, 0.2) is 65.0 Å². The van der Waals surface area contributed by atoms with Crippen LogP contribution in [0.25, 0.3) is 38.2 Å². The van der Waals surface area contributed by atoms with Crippen LogP contribution in [0.4, 0.5) is 0 Å². The Morgan fingerprint density at radius 2 is 1.82 bits per heavy atom. The van der Waals surface area contributed by atoms with Gasteiger partial charge >= 0.3 is 5.69 Å². The van der Waals surface area contributed by atoms with Crippen LogP contribution < -0.4 is 5.69 Å². The van der Waals surface area contributed by atoms with E-state index in [0.29, 0.717) is 18.5 Å². The first-order chi connectivity index (χ1) is 15.8. The Morgan fingerprint density at radius 1 is 1.06 bits per heavy atom. The molecule has 0 spiro atoms. The lowest BCUT2D eigenvalue weighted by Gasteiger charge is -2.14. The van der Waals surface area contributed by atoms with Gasteiger partial charge in [0.15, 0.2) is 9.84 Å². The Bertz CT molecular complexity index is 1710. The molecule has 0 atom stereocenters. The molecule has 1 aliphatic rings. The number of hydrogen-bond donors (Lipinski definition) is 0. The number of sulfone groups is 1. The number of benzene rings is 2. The minimum atomic E-state index is -3.20. The first-order valence-electron chi connectivity index (χ1n) is 10.5. The minimum Gasteiger partial charge on any atom is -0.293 e. The summed E-state index contributed by atoms with van der Waals surface area (Å²) >= 11 is 1.56. The number of imidazole rings is 1. The molecule has 9 heteroatoms. The average molecular weight is 477 g/mol. The van der Waals surface area contributed by atoms with Crippen molar-refractivity contribution < 1.29 is 8.42 Å². The maximum absolute atomic E-state index is 13.3. The molecule has 1 saturated carbocycles. The number of hydrogen-bond acceptors (Lipinski definition) is 6. The van der Waals surface area contributed by atoms with Crippen LogP contribution >= 0.6 is 11.3 Å². The fourth-order valence-corrected chi connectivity index (χ4v) is 6.68. The highest BCUT2D eigenvalue weighted by molar-refractivity contribution is 7.92. The Labute approximate surface area is 193 Å². The van der Waals surface area contributed by atoms with Crippen LogP contribution in [0.1, 0.15) is 18.4 Å². The predicted octanol–water partition coefficient (Wildman–Crippen LogP) is 4.03. The Morgan fingerprint density at radius 3 is 2.45 bits per heavy atom. The molecule has 7 nitrogen and oxygen atoms in total. The Kier molecular flexibility index (Phi) is 4.22. The highest BCUT2D eigenvalue weighted by atomic mass is 32.2. The molecule has 0 saturated heterocycles. The number of thiazole rings is 1. The van der Waals surface area contributed by atoms with Crippen molar-refractivity contribution in [2.45, 2.75) is 17.6 Å². The zero-order valence-electron chi connectivity index (χ0n) is 18.0. The van der Waals surface area contributed by atoms with E-state index in [-0.39, 0.29) is 5.69 Å². The van der Waals surface area contributed by atoms with Gasteiger partial charge in [-0.2, -0.15) is 0 Å². The van der Waals surface area contributed by atoms with Gasteiger partial charge in [-0.1, -0.05) is 12.1 Å². The Hall–Kier alpha value is -3.30. The number of nitrogens with zero attached hydrogens (tertiary/aromatic N) is 4. The summed E-state index contributed by atoms with van der Waals surface area (Å²) in [5.74, 6) is 0. The van der Waals surface area contributed by atoms with Crippen LogP contribution in [0.3, 0.4) is 0 Å². The number of rotatable bonds is 4. The van der Waals surface area contributed by atoms with Crippen molar-refractivity contribution in [3.05, 3.63) is 76.3 Å². The lowest BCUT2D eigenvalue weighted by atomic mass is 10.1. The molecule has 3 heterocycles. The quantitative estimate of drug-likeness (QED) is 0.391. The molecule has 1 aliphatic carbocycles. The van der Waals surface area contributed by atoms with Crippen LogP contribution in [0.2, 0.25) is 0 Å². The summed E-state index contributed by atoms with van der Waals surface area (Å²) in [6.45, 7) is 0. The van der Waals surface area contributed by atoms with Gasteiger partial charge < -0.3 is 0 Å². The fourth-order valence-electron chi connectivity index (χ4n) is 4.64. The molecule has 33 heavy (non-hydrogen) atoms. The van der Waals surface area contributed by atoms with E-state index >= 15 is 0 Å². The van der Waals surface area contributed by atoms with E-state index in [0.717, 1.165) is 38.1 Å². The normalized spacial score (nSPS) is 15.3. The van der Waals surface area contributed by atoms with E-state index in [1.165, 1.54) is 6.26 Å².